The third-order valence-electron chi connectivity index (χ3n) is 3.70. The maximum absolute atomic E-state index is 12.2. The standard InChI is InChI=1S/C19H18N2O3/c1-12-4-6-13(7-5-12)8-17-19(22)21-18(20-17)14-9-15(23-2)11-16(10-14)24-3/h4-11H,1-3H3,(H,20,21,22)/b17-8+. The minimum atomic E-state index is -0.229. The zero-order chi connectivity index (χ0) is 17.1. The predicted octanol–water partition coefficient (Wildman–Crippen LogP) is 2.93. The number of nitrogens with one attached hydrogen (secondary N) is 1. The molecule has 1 N–H and O–H groups in total. The van der Waals surface area contributed by atoms with Crippen molar-refractivity contribution in [3.63, 3.8) is 0 Å². The highest BCUT2D eigenvalue weighted by Gasteiger charge is 2.22. The normalized spacial score (nSPS) is 15.2. The minimum Gasteiger partial charge on any atom is -0.497 e. The molecule has 24 heavy (non-hydrogen) atoms. The average molecular weight is 322 g/mol. The van der Waals surface area contributed by atoms with Crippen molar-refractivity contribution in [3.05, 3.63) is 64.9 Å². The van der Waals surface area contributed by atoms with Crippen molar-refractivity contribution in [2.24, 2.45) is 4.99 Å². The lowest BCUT2D eigenvalue weighted by atomic mass is 10.1. The number of carbonyl (C=O) groups is 1. The molecule has 122 valence electrons. The van der Waals surface area contributed by atoms with E-state index < -0.39 is 0 Å². The van der Waals surface area contributed by atoms with Gasteiger partial charge in [0.2, 0.25) is 0 Å². The van der Waals surface area contributed by atoms with E-state index in [2.05, 4.69) is 10.3 Å². The number of methoxy groups -OCH3 is 2. The molecule has 1 aliphatic rings. The van der Waals surface area contributed by atoms with Gasteiger partial charge in [0.1, 0.15) is 23.0 Å². The number of aliphatic imine (C=N–C) groups is 1. The summed E-state index contributed by atoms with van der Waals surface area (Å²) in [4.78, 5) is 16.6. The van der Waals surface area contributed by atoms with E-state index >= 15 is 0 Å². The van der Waals surface area contributed by atoms with Crippen LogP contribution in [0.2, 0.25) is 0 Å². The van der Waals surface area contributed by atoms with Gasteiger partial charge < -0.3 is 14.8 Å². The van der Waals surface area contributed by atoms with Crippen LogP contribution in [0.5, 0.6) is 11.5 Å². The zero-order valence-electron chi connectivity index (χ0n) is 13.8. The van der Waals surface area contributed by atoms with Gasteiger partial charge in [0.05, 0.1) is 14.2 Å². The van der Waals surface area contributed by atoms with Gasteiger partial charge in [-0.25, -0.2) is 4.99 Å². The SMILES string of the molecule is COc1cc(OC)cc(C2=N/C(=C/c3ccc(C)cc3)C(=O)N2)c1. The molecule has 0 aromatic heterocycles. The molecule has 0 atom stereocenters. The lowest BCUT2D eigenvalue weighted by Gasteiger charge is -2.08. The van der Waals surface area contributed by atoms with Crippen LogP contribution >= 0.6 is 0 Å². The first kappa shape index (κ1) is 15.8. The van der Waals surface area contributed by atoms with Crippen LogP contribution in [0.4, 0.5) is 0 Å². The summed E-state index contributed by atoms with van der Waals surface area (Å²) >= 11 is 0. The second kappa shape index (κ2) is 6.58. The van der Waals surface area contributed by atoms with Crippen LogP contribution in [0, 0.1) is 6.92 Å². The van der Waals surface area contributed by atoms with Crippen molar-refractivity contribution in [2.75, 3.05) is 14.2 Å². The van der Waals surface area contributed by atoms with Crippen molar-refractivity contribution < 1.29 is 14.3 Å². The number of rotatable bonds is 4. The maximum atomic E-state index is 12.2. The Kier molecular flexibility index (Phi) is 4.33. The van der Waals surface area contributed by atoms with Crippen LogP contribution in [0.3, 0.4) is 0 Å². The number of hydrogen-bond acceptors (Lipinski definition) is 4. The number of hydrogen-bond donors (Lipinski definition) is 1. The molecule has 0 aliphatic carbocycles. The highest BCUT2D eigenvalue weighted by Crippen LogP contribution is 2.24. The first-order valence-corrected chi connectivity index (χ1v) is 7.51. The molecular formula is C19H18N2O3. The third kappa shape index (κ3) is 3.30. The molecule has 0 bridgehead atoms. The second-order valence-corrected chi connectivity index (χ2v) is 5.46. The average Bonchev–Trinajstić information content (AvgIpc) is 2.97. The molecule has 1 amide bonds. The molecule has 0 fully saturated rings. The number of benzene rings is 2. The van der Waals surface area contributed by atoms with Crippen molar-refractivity contribution in [1.29, 1.82) is 0 Å². The maximum Gasteiger partial charge on any atom is 0.275 e. The molecule has 0 unspecified atom stereocenters. The van der Waals surface area contributed by atoms with E-state index in [0.29, 0.717) is 23.0 Å². The number of carbonyl (C=O) groups excluding carboxylic acids is 1. The zero-order valence-corrected chi connectivity index (χ0v) is 13.8. The van der Waals surface area contributed by atoms with Gasteiger partial charge in [-0.1, -0.05) is 29.8 Å². The minimum absolute atomic E-state index is 0.229. The second-order valence-electron chi connectivity index (χ2n) is 5.46. The quantitative estimate of drug-likeness (QED) is 0.881. The molecule has 0 radical (unpaired) electrons. The van der Waals surface area contributed by atoms with Crippen LogP contribution in [-0.2, 0) is 4.79 Å². The molecule has 0 saturated carbocycles. The largest absolute Gasteiger partial charge is 0.497 e. The van der Waals surface area contributed by atoms with Crippen LogP contribution in [0.1, 0.15) is 16.7 Å². The lowest BCUT2D eigenvalue weighted by molar-refractivity contribution is -0.115. The number of ether oxygens (including phenoxy) is 2. The van der Waals surface area contributed by atoms with Crippen molar-refractivity contribution in [2.45, 2.75) is 6.92 Å². The van der Waals surface area contributed by atoms with Gasteiger partial charge in [0, 0.05) is 11.6 Å². The Labute approximate surface area is 140 Å². The number of amides is 1. The van der Waals surface area contributed by atoms with Gasteiger partial charge in [0.15, 0.2) is 0 Å². The smallest absolute Gasteiger partial charge is 0.275 e. The van der Waals surface area contributed by atoms with Gasteiger partial charge in [-0.2, -0.15) is 0 Å². The Morgan fingerprint density at radius 1 is 1.00 bits per heavy atom. The highest BCUT2D eigenvalue weighted by molar-refractivity contribution is 6.20. The summed E-state index contributed by atoms with van der Waals surface area (Å²) in [6.45, 7) is 2.02. The van der Waals surface area contributed by atoms with E-state index in [4.69, 9.17) is 9.47 Å². The molecule has 5 nitrogen and oxygen atoms in total. The summed E-state index contributed by atoms with van der Waals surface area (Å²) in [5.74, 6) is 1.53. The van der Waals surface area contributed by atoms with Gasteiger partial charge in [-0.15, -0.1) is 0 Å². The molecule has 1 aliphatic heterocycles. The predicted molar refractivity (Wildman–Crippen MR) is 93.4 cm³/mol. The van der Waals surface area contributed by atoms with Gasteiger partial charge in [-0.05, 0) is 30.7 Å². The first-order chi connectivity index (χ1) is 11.6. The van der Waals surface area contributed by atoms with Crippen LogP contribution in [0.25, 0.3) is 6.08 Å². The van der Waals surface area contributed by atoms with E-state index in [1.807, 2.05) is 31.2 Å². The number of nitrogens with zero attached hydrogens (tertiary/aromatic N) is 1. The number of aryl methyl sites for hydroxylation is 1. The van der Waals surface area contributed by atoms with Crippen molar-refractivity contribution >= 4 is 17.8 Å². The summed E-state index contributed by atoms with van der Waals surface area (Å²) in [6, 6.07) is 13.3. The molecule has 2 aromatic carbocycles. The Balaban J connectivity index is 1.95. The van der Waals surface area contributed by atoms with Crippen molar-refractivity contribution in [1.82, 2.24) is 5.32 Å². The molecule has 3 rings (SSSR count). The molecule has 0 saturated heterocycles. The van der Waals surface area contributed by atoms with E-state index in [-0.39, 0.29) is 5.91 Å². The van der Waals surface area contributed by atoms with Gasteiger partial charge in [-0.3, -0.25) is 4.79 Å². The van der Waals surface area contributed by atoms with E-state index in [9.17, 15) is 4.79 Å². The van der Waals surface area contributed by atoms with Gasteiger partial charge in [0.25, 0.3) is 5.91 Å². The number of amidine groups is 1. The Bertz CT molecular complexity index is 814. The Hall–Kier alpha value is -3.08. The molecule has 2 aromatic rings. The highest BCUT2D eigenvalue weighted by atomic mass is 16.5. The van der Waals surface area contributed by atoms with Crippen LogP contribution < -0.4 is 14.8 Å². The fourth-order valence-electron chi connectivity index (χ4n) is 2.37. The lowest BCUT2D eigenvalue weighted by Crippen LogP contribution is -2.24. The fraction of sp³-hybridized carbons (Fsp3) is 0.158. The van der Waals surface area contributed by atoms with Crippen molar-refractivity contribution in [3.8, 4) is 11.5 Å². The Morgan fingerprint density at radius 2 is 1.62 bits per heavy atom. The van der Waals surface area contributed by atoms with Gasteiger partial charge >= 0.3 is 0 Å². The van der Waals surface area contributed by atoms with Crippen LogP contribution in [0.15, 0.2) is 53.2 Å². The molecule has 1 heterocycles. The first-order valence-electron chi connectivity index (χ1n) is 7.51. The monoisotopic (exact) mass is 322 g/mol. The summed E-state index contributed by atoms with van der Waals surface area (Å²) in [7, 11) is 3.16. The summed E-state index contributed by atoms with van der Waals surface area (Å²) in [5, 5.41) is 2.79. The van der Waals surface area contributed by atoms with E-state index in [1.54, 1.807) is 38.5 Å². The molecule has 5 heteroatoms. The summed E-state index contributed by atoms with van der Waals surface area (Å²) < 4.78 is 10.5. The summed E-state index contributed by atoms with van der Waals surface area (Å²) in [6.07, 6.45) is 1.76. The van der Waals surface area contributed by atoms with E-state index in [0.717, 1.165) is 11.1 Å². The fourth-order valence-corrected chi connectivity index (χ4v) is 2.37. The molecular weight excluding hydrogens is 304 g/mol. The third-order valence-corrected chi connectivity index (χ3v) is 3.70. The topological polar surface area (TPSA) is 59.9 Å². The van der Waals surface area contributed by atoms with E-state index in [1.165, 1.54) is 5.56 Å². The molecule has 0 spiro atoms. The summed E-state index contributed by atoms with van der Waals surface area (Å²) in [5.41, 5.74) is 3.20. The Morgan fingerprint density at radius 3 is 2.21 bits per heavy atom. The van der Waals surface area contributed by atoms with Crippen LogP contribution in [-0.4, -0.2) is 26.0 Å².